The Labute approximate surface area is 367 Å². The Hall–Kier alpha value is -6.00. The minimum atomic E-state index is -0.711. The highest BCUT2D eigenvalue weighted by atomic mass is 79.9. The number of nitrogens with two attached hydrogens (primary N) is 2. The summed E-state index contributed by atoms with van der Waals surface area (Å²) >= 11 is 7.24. The average molecular weight is 947 g/mol. The summed E-state index contributed by atoms with van der Waals surface area (Å²) < 4.78 is 9.73. The number of aromatic nitrogens is 8. The van der Waals surface area contributed by atoms with Crippen molar-refractivity contribution in [2.24, 2.45) is 11.8 Å². The van der Waals surface area contributed by atoms with E-state index in [0.29, 0.717) is 35.8 Å². The molecule has 2 aromatic carbocycles. The molecule has 5 N–H and O–H groups in total. The Morgan fingerprint density at radius 2 is 1.08 bits per heavy atom. The minimum absolute atomic E-state index is 0.0321. The van der Waals surface area contributed by atoms with Gasteiger partial charge in [0.25, 0.3) is 0 Å². The summed E-state index contributed by atoms with van der Waals surface area (Å²) in [6.07, 6.45) is 13.4. The molecule has 16 heteroatoms. The molecule has 310 valence electrons. The predicted octanol–water partition coefficient (Wildman–Crippen LogP) is 9.38. The number of benzene rings is 2. The van der Waals surface area contributed by atoms with Crippen LogP contribution in [0.3, 0.4) is 0 Å². The van der Waals surface area contributed by atoms with Gasteiger partial charge in [0.15, 0.2) is 11.3 Å². The third kappa shape index (κ3) is 7.67. The highest BCUT2D eigenvalue weighted by Gasteiger charge is 2.32. The number of rotatable bonds is 6. The Bertz CT molecular complexity index is 2970. The molecule has 6 aromatic heterocycles. The molecule has 2 saturated carbocycles. The van der Waals surface area contributed by atoms with Gasteiger partial charge in [-0.05, 0) is 107 Å². The third-order valence-electron chi connectivity index (χ3n) is 12.2. The van der Waals surface area contributed by atoms with Crippen LogP contribution in [-0.4, -0.2) is 63.3 Å². The number of pyridine rings is 2. The van der Waals surface area contributed by atoms with E-state index in [1.807, 2.05) is 60.9 Å². The van der Waals surface area contributed by atoms with Crippen LogP contribution in [0.4, 0.5) is 11.6 Å². The number of anilines is 2. The van der Waals surface area contributed by atoms with Gasteiger partial charge >= 0.3 is 11.9 Å². The first-order valence-corrected chi connectivity index (χ1v) is 21.8. The molecule has 0 bridgehead atoms. The van der Waals surface area contributed by atoms with Gasteiger partial charge in [-0.2, -0.15) is 19.2 Å². The van der Waals surface area contributed by atoms with Crippen LogP contribution in [0.15, 0.2) is 94.4 Å². The quantitative estimate of drug-likeness (QED) is 0.134. The lowest BCUT2D eigenvalue weighted by Crippen LogP contribution is -2.23. The number of carboxylic acids is 1. The van der Waals surface area contributed by atoms with Gasteiger partial charge in [-0.1, -0.05) is 36.4 Å². The molecule has 0 amide bonds. The number of ether oxygens (including phenoxy) is 1. The number of esters is 1. The van der Waals surface area contributed by atoms with Crippen molar-refractivity contribution in [2.45, 2.75) is 63.2 Å². The van der Waals surface area contributed by atoms with E-state index in [2.05, 4.69) is 64.2 Å². The van der Waals surface area contributed by atoms with Gasteiger partial charge in [-0.25, -0.2) is 9.97 Å². The zero-order valence-corrected chi connectivity index (χ0v) is 36.4. The molecule has 10 rings (SSSR count). The summed E-state index contributed by atoms with van der Waals surface area (Å²) in [5.41, 5.74) is 21.5. The van der Waals surface area contributed by atoms with Crippen LogP contribution in [0.25, 0.3) is 55.4 Å². The topological polar surface area (TPSA) is 202 Å². The molecule has 2 fully saturated rings. The number of carbonyl (C=O) groups is 2. The summed E-state index contributed by atoms with van der Waals surface area (Å²) in [6.45, 7) is 0. The van der Waals surface area contributed by atoms with Crippen molar-refractivity contribution in [3.05, 3.63) is 106 Å². The third-order valence-corrected chi connectivity index (χ3v) is 13.8. The van der Waals surface area contributed by atoms with Crippen molar-refractivity contribution in [1.29, 1.82) is 0 Å². The maximum Gasteiger partial charge on any atom is 0.308 e. The Kier molecular flexibility index (Phi) is 11.1. The fourth-order valence-corrected chi connectivity index (χ4v) is 9.96. The van der Waals surface area contributed by atoms with Crippen molar-refractivity contribution in [2.75, 3.05) is 18.6 Å². The number of methoxy groups -OCH3 is 1. The molecule has 14 nitrogen and oxygen atoms in total. The van der Waals surface area contributed by atoms with E-state index in [9.17, 15) is 14.7 Å². The maximum atomic E-state index is 11.9. The van der Waals surface area contributed by atoms with Crippen molar-refractivity contribution in [3.63, 3.8) is 0 Å². The van der Waals surface area contributed by atoms with Crippen molar-refractivity contribution in [3.8, 4) is 22.3 Å². The van der Waals surface area contributed by atoms with Gasteiger partial charge in [-0.3, -0.25) is 19.6 Å². The highest BCUT2D eigenvalue weighted by Crippen LogP contribution is 2.42. The Balaban J connectivity index is 0.000000156. The molecule has 0 unspecified atom stereocenters. The van der Waals surface area contributed by atoms with Crippen molar-refractivity contribution in [1.82, 2.24) is 39.2 Å². The smallest absolute Gasteiger partial charge is 0.308 e. The van der Waals surface area contributed by atoms with E-state index >= 15 is 0 Å². The molecular formula is C45H42Br2N10O4. The maximum absolute atomic E-state index is 11.9. The molecule has 6 heterocycles. The normalized spacial score (nSPS) is 19.2. The first-order chi connectivity index (χ1) is 29.6. The highest BCUT2D eigenvalue weighted by molar-refractivity contribution is 9.11. The summed E-state index contributed by atoms with van der Waals surface area (Å²) in [5, 5.41) is 20.3. The molecule has 8 aromatic rings. The van der Waals surface area contributed by atoms with E-state index < -0.39 is 5.97 Å². The van der Waals surface area contributed by atoms with Crippen LogP contribution >= 0.6 is 31.9 Å². The van der Waals surface area contributed by atoms with Gasteiger partial charge < -0.3 is 21.3 Å². The number of hydrogen-bond acceptors (Lipinski definition) is 11. The molecule has 0 saturated heterocycles. The lowest BCUT2D eigenvalue weighted by molar-refractivity contribution is -0.146. The minimum Gasteiger partial charge on any atom is -0.481 e. The summed E-state index contributed by atoms with van der Waals surface area (Å²) in [6, 6.07) is 20.2. The number of nitrogens with zero attached hydrogens (tertiary/aromatic N) is 8. The fraction of sp³-hybridized carbons (Fsp3) is 0.289. The van der Waals surface area contributed by atoms with Crippen molar-refractivity contribution >= 4 is 88.5 Å². The number of halogens is 2. The van der Waals surface area contributed by atoms with E-state index in [1.54, 1.807) is 21.4 Å². The summed E-state index contributed by atoms with van der Waals surface area (Å²) in [5.74, 6) is 0.274. The first-order valence-electron chi connectivity index (χ1n) is 20.3. The molecule has 2 aliphatic carbocycles. The first kappa shape index (κ1) is 40.4. The number of carboxylic acid groups (broad SMARTS) is 1. The number of hydrogen-bond donors (Lipinski definition) is 3. The van der Waals surface area contributed by atoms with Gasteiger partial charge in [0.2, 0.25) is 0 Å². The van der Waals surface area contributed by atoms with Gasteiger partial charge in [0.05, 0.1) is 62.7 Å². The largest absolute Gasteiger partial charge is 0.481 e. The predicted molar refractivity (Wildman–Crippen MR) is 241 cm³/mol. The zero-order valence-electron chi connectivity index (χ0n) is 33.2. The summed E-state index contributed by atoms with van der Waals surface area (Å²) in [7, 11) is 1.45. The Morgan fingerprint density at radius 3 is 1.51 bits per heavy atom. The van der Waals surface area contributed by atoms with Crippen LogP contribution in [0.2, 0.25) is 0 Å². The van der Waals surface area contributed by atoms with Gasteiger partial charge in [0.1, 0.15) is 11.6 Å². The molecule has 0 spiro atoms. The van der Waals surface area contributed by atoms with Crippen LogP contribution in [0.1, 0.15) is 74.6 Å². The second-order valence-corrected chi connectivity index (χ2v) is 17.4. The summed E-state index contributed by atoms with van der Waals surface area (Å²) in [4.78, 5) is 42.3. The number of aliphatic carboxylic acids is 1. The number of fused-ring (bicyclic) bond motifs is 4. The fourth-order valence-electron chi connectivity index (χ4n) is 8.79. The number of para-hydroxylation sites is 2. The molecular weight excluding hydrogens is 904 g/mol. The standard InChI is InChI=1S/C23H22BrN5O2.C22H20BrN5O2/c1-31-23(30)14-8-6-13(7-9-14)20-19(24)21(25)29-22(28-20)17(12-27-29)16-10-15-4-2-3-5-18(15)26-11-16;23-18-19(12-5-7-13(8-6-12)22(29)30)27-21-16(11-26-28(21)20(18)24)15-9-14-3-1-2-4-17(14)25-10-15/h2-5,10-14H,6-9,25H2,1H3;1-4,9-13H,5-8,24H2,(H,29,30). The second kappa shape index (κ2) is 16.8. The number of carbonyl (C=O) groups excluding carboxylic acids is 1. The van der Waals surface area contributed by atoms with E-state index in [1.165, 1.54) is 7.11 Å². The molecule has 2 aliphatic rings. The lowest BCUT2D eigenvalue weighted by Gasteiger charge is -2.27. The van der Waals surface area contributed by atoms with Crippen LogP contribution in [-0.2, 0) is 14.3 Å². The van der Waals surface area contributed by atoms with Crippen LogP contribution in [0, 0.1) is 11.8 Å². The monoisotopic (exact) mass is 944 g/mol. The molecule has 61 heavy (non-hydrogen) atoms. The Morgan fingerprint density at radius 1 is 0.656 bits per heavy atom. The average Bonchev–Trinajstić information content (AvgIpc) is 3.93. The lowest BCUT2D eigenvalue weighted by atomic mass is 9.80. The van der Waals surface area contributed by atoms with Crippen molar-refractivity contribution < 1.29 is 19.4 Å². The van der Waals surface area contributed by atoms with Crippen LogP contribution in [0.5, 0.6) is 0 Å². The molecule has 0 radical (unpaired) electrons. The SMILES string of the molecule is COC(=O)C1CCC(c2nc3c(-c4cnc5ccccc5c4)cnn3c(N)c2Br)CC1.Nc1c(Br)c(C2CCC(C(=O)O)CC2)nc2c(-c3cnc4ccccc4c3)cnn12. The van der Waals surface area contributed by atoms with Gasteiger partial charge in [0, 0.05) is 57.3 Å². The van der Waals surface area contributed by atoms with Crippen LogP contribution < -0.4 is 11.5 Å². The van der Waals surface area contributed by atoms with Gasteiger partial charge in [-0.15, -0.1) is 0 Å². The van der Waals surface area contributed by atoms with E-state index in [0.717, 1.165) is 103 Å². The second-order valence-electron chi connectivity index (χ2n) is 15.8. The zero-order chi connectivity index (χ0) is 42.4. The molecule has 0 aliphatic heterocycles. The molecule has 0 atom stereocenters. The van der Waals surface area contributed by atoms with E-state index in [4.69, 9.17) is 26.2 Å². The van der Waals surface area contributed by atoms with E-state index in [-0.39, 0.29) is 29.6 Å². The number of nitrogen functional groups attached to an aromatic ring is 2.